The van der Waals surface area contributed by atoms with Crippen molar-refractivity contribution in [2.75, 3.05) is 33.8 Å². The van der Waals surface area contributed by atoms with Gasteiger partial charge in [0.15, 0.2) is 5.01 Å². The number of fused-ring (bicyclic) bond motifs is 2. The Labute approximate surface area is 231 Å². The number of nitrogens with zero attached hydrogens (tertiary/aromatic N) is 3. The van der Waals surface area contributed by atoms with Gasteiger partial charge in [-0.1, -0.05) is 11.6 Å². The molecule has 0 radical (unpaired) electrons. The second kappa shape index (κ2) is 11.4. The van der Waals surface area contributed by atoms with Crippen molar-refractivity contribution in [3.8, 4) is 0 Å². The number of rotatable bonds is 7. The van der Waals surface area contributed by atoms with Gasteiger partial charge in [0.2, 0.25) is 5.91 Å². The van der Waals surface area contributed by atoms with Gasteiger partial charge in [-0.05, 0) is 51.4 Å². The number of benzene rings is 1. The van der Waals surface area contributed by atoms with Crippen molar-refractivity contribution >= 4 is 40.0 Å². The summed E-state index contributed by atoms with van der Waals surface area (Å²) in [6.07, 6.45) is 2.33. The zero-order valence-electron chi connectivity index (χ0n) is 22.6. The van der Waals surface area contributed by atoms with Gasteiger partial charge in [-0.15, -0.1) is 11.3 Å². The molecule has 1 aromatic carbocycles. The molecule has 10 nitrogen and oxygen atoms in total. The molecule has 5 rings (SSSR count). The van der Waals surface area contributed by atoms with Crippen molar-refractivity contribution in [3.05, 3.63) is 51.1 Å². The molecule has 0 spiro atoms. The summed E-state index contributed by atoms with van der Waals surface area (Å²) in [6.45, 7) is 3.84. The number of aryl methyl sites for hydroxylation is 1. The van der Waals surface area contributed by atoms with E-state index in [9.17, 15) is 19.5 Å². The van der Waals surface area contributed by atoms with E-state index in [2.05, 4.69) is 32.5 Å². The summed E-state index contributed by atoms with van der Waals surface area (Å²) in [6, 6.07) is 7.02. The maximum Gasteiger partial charge on any atom is 0.280 e. The number of thiazole rings is 1. The molecule has 3 amide bonds. The van der Waals surface area contributed by atoms with Crippen LogP contribution in [0.5, 0.6) is 0 Å². The van der Waals surface area contributed by atoms with Crippen molar-refractivity contribution < 1.29 is 19.5 Å². The molecule has 4 N–H and O–H groups in total. The molecule has 0 saturated heterocycles. The summed E-state index contributed by atoms with van der Waals surface area (Å²) >= 11 is 1.41. The molecule has 208 valence electrons. The molecule has 3 heterocycles. The molecule has 11 heteroatoms. The number of nitrogens with one attached hydrogen (secondary N) is 3. The summed E-state index contributed by atoms with van der Waals surface area (Å²) in [7, 11) is 3.73. The average Bonchev–Trinajstić information content (AvgIpc) is 3.53. The highest BCUT2D eigenvalue weighted by molar-refractivity contribution is 7.13. The van der Waals surface area contributed by atoms with E-state index in [-0.39, 0.29) is 42.8 Å². The van der Waals surface area contributed by atoms with E-state index < -0.39 is 6.04 Å². The van der Waals surface area contributed by atoms with Gasteiger partial charge in [0, 0.05) is 60.8 Å². The van der Waals surface area contributed by atoms with Crippen molar-refractivity contribution in [2.24, 2.45) is 5.92 Å². The fraction of sp³-hybridized carbons (Fsp3) is 0.500. The second-order valence-corrected chi connectivity index (χ2v) is 11.9. The molecule has 0 unspecified atom stereocenters. The first kappa shape index (κ1) is 27.3. The van der Waals surface area contributed by atoms with Crippen LogP contribution in [0.1, 0.15) is 55.7 Å². The van der Waals surface area contributed by atoms with Crippen LogP contribution >= 0.6 is 11.3 Å². The molecule has 2 aromatic heterocycles. The Bertz CT molecular complexity index is 1380. The number of carbonyl (C=O) groups is 3. The van der Waals surface area contributed by atoms with E-state index in [0.717, 1.165) is 46.5 Å². The number of aromatic nitrogens is 2. The monoisotopic (exact) mass is 552 g/mol. The zero-order chi connectivity index (χ0) is 27.7. The van der Waals surface area contributed by atoms with Crippen LogP contribution in [0.25, 0.3) is 10.9 Å². The summed E-state index contributed by atoms with van der Waals surface area (Å²) in [5.41, 5.74) is 3.43. The number of aliphatic hydroxyl groups is 1. The fourth-order valence-electron chi connectivity index (χ4n) is 5.57. The molecule has 0 bridgehead atoms. The van der Waals surface area contributed by atoms with E-state index >= 15 is 0 Å². The van der Waals surface area contributed by atoms with Crippen LogP contribution in [-0.4, -0.2) is 88.5 Å². The molecule has 1 saturated carbocycles. The van der Waals surface area contributed by atoms with Gasteiger partial charge in [-0.25, -0.2) is 4.98 Å². The maximum atomic E-state index is 13.4. The van der Waals surface area contributed by atoms with Gasteiger partial charge in [-0.3, -0.25) is 14.4 Å². The van der Waals surface area contributed by atoms with E-state index in [1.165, 1.54) is 16.2 Å². The van der Waals surface area contributed by atoms with Crippen molar-refractivity contribution in [1.29, 1.82) is 0 Å². The van der Waals surface area contributed by atoms with Gasteiger partial charge in [-0.2, -0.15) is 0 Å². The summed E-state index contributed by atoms with van der Waals surface area (Å²) in [5.74, 6) is -0.900. The molecule has 39 heavy (non-hydrogen) atoms. The molecule has 1 aliphatic heterocycles. The number of likely N-dealkylation sites (N-methyl/N-ethyl adjacent to an activating group) is 2. The lowest BCUT2D eigenvalue weighted by Crippen LogP contribution is -2.56. The Balaban J connectivity index is 1.33. The molecular formula is C28H36N6O4S. The first-order chi connectivity index (χ1) is 18.7. The number of aliphatic hydroxyl groups excluding tert-OH is 1. The van der Waals surface area contributed by atoms with Gasteiger partial charge in [0.1, 0.15) is 5.69 Å². The minimum Gasteiger partial charge on any atom is -0.395 e. The van der Waals surface area contributed by atoms with Crippen LogP contribution in [0.3, 0.4) is 0 Å². The quantitative estimate of drug-likeness (QED) is 0.355. The fourth-order valence-corrected chi connectivity index (χ4v) is 6.66. The predicted molar refractivity (Wildman–Crippen MR) is 150 cm³/mol. The van der Waals surface area contributed by atoms with Crippen LogP contribution in [0.2, 0.25) is 0 Å². The first-order valence-corrected chi connectivity index (χ1v) is 14.3. The van der Waals surface area contributed by atoms with Gasteiger partial charge in [0.05, 0.1) is 18.3 Å². The molecule has 3 atom stereocenters. The summed E-state index contributed by atoms with van der Waals surface area (Å²) < 4.78 is 0. The van der Waals surface area contributed by atoms with Crippen LogP contribution in [-0.2, 0) is 17.8 Å². The first-order valence-electron chi connectivity index (χ1n) is 13.5. The van der Waals surface area contributed by atoms with Gasteiger partial charge in [0.25, 0.3) is 11.8 Å². The normalized spacial score (nSPS) is 21.4. The van der Waals surface area contributed by atoms with Crippen LogP contribution < -0.4 is 10.6 Å². The molecular weight excluding hydrogens is 516 g/mol. The third-order valence-corrected chi connectivity index (χ3v) is 8.86. The van der Waals surface area contributed by atoms with Crippen molar-refractivity contribution in [3.63, 3.8) is 0 Å². The second-order valence-electron chi connectivity index (χ2n) is 10.8. The largest absolute Gasteiger partial charge is 0.395 e. The van der Waals surface area contributed by atoms with E-state index in [4.69, 9.17) is 0 Å². The Kier molecular flexibility index (Phi) is 8.01. The highest BCUT2D eigenvalue weighted by atomic mass is 32.1. The van der Waals surface area contributed by atoms with Gasteiger partial charge < -0.3 is 30.5 Å². The zero-order valence-corrected chi connectivity index (χ0v) is 23.4. The smallest absolute Gasteiger partial charge is 0.280 e. The Morgan fingerprint density at radius 1 is 1.18 bits per heavy atom. The number of hydrogen-bond acceptors (Lipinski definition) is 7. The third-order valence-electron chi connectivity index (χ3n) is 7.78. The number of hydrogen-bond donors (Lipinski definition) is 4. The summed E-state index contributed by atoms with van der Waals surface area (Å²) in [5, 5.41) is 16.9. The van der Waals surface area contributed by atoms with E-state index in [1.54, 1.807) is 7.05 Å². The van der Waals surface area contributed by atoms with Crippen molar-refractivity contribution in [1.82, 2.24) is 30.4 Å². The SMILES string of the molecule is Cc1ccc2[nH]c(C(=O)N[C@H]3CC[C@H](C(=O)N(C)CCO)C[C@H]3NC(=O)c3nc4c(s3)CN(C)CC4)cc2c1. The van der Waals surface area contributed by atoms with Crippen LogP contribution in [0, 0.1) is 12.8 Å². The number of carbonyl (C=O) groups excluding carboxylic acids is 3. The highest BCUT2D eigenvalue weighted by Gasteiger charge is 2.37. The molecule has 2 aliphatic rings. The van der Waals surface area contributed by atoms with Crippen LogP contribution in [0.4, 0.5) is 0 Å². The Morgan fingerprint density at radius 3 is 2.77 bits per heavy atom. The van der Waals surface area contributed by atoms with Crippen LogP contribution in [0.15, 0.2) is 24.3 Å². The minimum absolute atomic E-state index is 0.0631. The lowest BCUT2D eigenvalue weighted by molar-refractivity contribution is -0.136. The topological polar surface area (TPSA) is 131 Å². The molecule has 1 fully saturated rings. The number of H-pyrrole nitrogens is 1. The lowest BCUT2D eigenvalue weighted by atomic mass is 9.81. The predicted octanol–water partition coefficient (Wildman–Crippen LogP) is 2.07. The van der Waals surface area contributed by atoms with Gasteiger partial charge >= 0.3 is 0 Å². The average molecular weight is 553 g/mol. The van der Waals surface area contributed by atoms with Crippen molar-refractivity contribution in [2.45, 2.75) is 51.2 Å². The maximum absolute atomic E-state index is 13.4. The minimum atomic E-state index is -0.443. The standard InChI is InChI=1S/C28H36N6O4S/c1-16-4-6-19-18(12-16)14-23(29-19)25(36)30-20-7-5-17(28(38)34(3)10-11-35)13-22(20)31-26(37)27-32-21-8-9-33(2)15-24(21)39-27/h4,6,12,14,17,20,22,29,35H,5,7-11,13,15H2,1-3H3,(H,30,36)(H,31,37)/t17-,20-,22+/m0/s1. The molecule has 3 aromatic rings. The lowest BCUT2D eigenvalue weighted by Gasteiger charge is -2.37. The number of amides is 3. The molecule has 1 aliphatic carbocycles. The Hall–Kier alpha value is -3.28. The summed E-state index contributed by atoms with van der Waals surface area (Å²) in [4.78, 5) is 52.3. The third kappa shape index (κ3) is 6.00. The highest BCUT2D eigenvalue weighted by Crippen LogP contribution is 2.29. The number of aromatic amines is 1. The van der Waals surface area contributed by atoms with E-state index in [0.29, 0.717) is 30.0 Å². The van der Waals surface area contributed by atoms with E-state index in [1.807, 2.05) is 31.2 Å². The Morgan fingerprint density at radius 2 is 1.97 bits per heavy atom.